The van der Waals surface area contributed by atoms with Gasteiger partial charge < -0.3 is 9.47 Å². The van der Waals surface area contributed by atoms with Crippen LogP contribution in [0.1, 0.15) is 38.1 Å². The molecule has 1 saturated heterocycles. The minimum absolute atomic E-state index is 0.214. The zero-order chi connectivity index (χ0) is 13.1. The van der Waals surface area contributed by atoms with Crippen LogP contribution in [-0.4, -0.2) is 33.4 Å². The molecule has 4 nitrogen and oxygen atoms in total. The van der Waals surface area contributed by atoms with Crippen molar-refractivity contribution in [1.29, 1.82) is 0 Å². The molecule has 1 aliphatic heterocycles. The Balaban J connectivity index is 1.64. The van der Waals surface area contributed by atoms with Crippen molar-refractivity contribution in [3.8, 4) is 0 Å². The van der Waals surface area contributed by atoms with Crippen molar-refractivity contribution in [1.82, 2.24) is 14.5 Å². The minimum Gasteiger partial charge on any atom is -0.340 e. The average molecular weight is 259 g/mol. The van der Waals surface area contributed by atoms with E-state index in [2.05, 4.69) is 26.6 Å². The number of aromatic nitrogens is 2. The molecule has 0 unspecified atom stereocenters. The summed E-state index contributed by atoms with van der Waals surface area (Å²) in [5, 5.41) is 0. The number of amides is 1. The third-order valence-corrected chi connectivity index (χ3v) is 4.27. The van der Waals surface area contributed by atoms with Crippen LogP contribution < -0.4 is 0 Å². The summed E-state index contributed by atoms with van der Waals surface area (Å²) in [4.78, 5) is 18.7. The predicted octanol–water partition coefficient (Wildman–Crippen LogP) is 2.40. The first-order valence-electron chi connectivity index (χ1n) is 7.26. The molecule has 4 heteroatoms. The van der Waals surface area contributed by atoms with E-state index < -0.39 is 0 Å². The summed E-state index contributed by atoms with van der Waals surface area (Å²) in [6.07, 6.45) is 15.2. The number of allylic oxidation sites excluding steroid dienone is 2. The smallest absolute Gasteiger partial charge is 0.226 e. The van der Waals surface area contributed by atoms with E-state index in [1.807, 2.05) is 18.7 Å². The highest BCUT2D eigenvalue weighted by Crippen LogP contribution is 2.26. The van der Waals surface area contributed by atoms with Gasteiger partial charge in [0.25, 0.3) is 0 Å². The monoisotopic (exact) mass is 259 g/mol. The summed E-state index contributed by atoms with van der Waals surface area (Å²) < 4.78 is 2.14. The lowest BCUT2D eigenvalue weighted by molar-refractivity contribution is -0.137. The molecule has 1 fully saturated rings. The van der Waals surface area contributed by atoms with Gasteiger partial charge in [-0.1, -0.05) is 12.2 Å². The van der Waals surface area contributed by atoms with Crippen molar-refractivity contribution in [2.45, 2.75) is 38.1 Å². The lowest BCUT2D eigenvalue weighted by Crippen LogP contribution is -2.43. The molecular formula is C15H21N3O. The molecule has 0 saturated carbocycles. The van der Waals surface area contributed by atoms with E-state index in [1.165, 1.54) is 0 Å². The second-order valence-electron chi connectivity index (χ2n) is 5.57. The average Bonchev–Trinajstić information content (AvgIpc) is 3.02. The molecule has 0 bridgehead atoms. The van der Waals surface area contributed by atoms with Crippen LogP contribution in [-0.2, 0) is 4.79 Å². The van der Waals surface area contributed by atoms with Crippen molar-refractivity contribution in [2.75, 3.05) is 13.1 Å². The largest absolute Gasteiger partial charge is 0.340 e. The molecule has 2 aliphatic rings. The molecule has 102 valence electrons. The Labute approximate surface area is 114 Å². The maximum atomic E-state index is 12.5. The Bertz CT molecular complexity index is 452. The maximum absolute atomic E-state index is 12.5. The zero-order valence-corrected chi connectivity index (χ0v) is 11.2. The molecule has 3 rings (SSSR count). The summed E-state index contributed by atoms with van der Waals surface area (Å²) in [7, 11) is 0. The molecule has 0 spiro atoms. The molecule has 2 atom stereocenters. The summed E-state index contributed by atoms with van der Waals surface area (Å²) in [5.41, 5.74) is 0. The van der Waals surface area contributed by atoms with Crippen molar-refractivity contribution < 1.29 is 4.79 Å². The Hall–Kier alpha value is -1.58. The standard InChI is InChI=1S/C15H21N3O/c19-15(13-5-2-1-3-6-13)17-9-4-7-14(11-17)18-10-8-16-12-18/h1-2,8,10,12-14H,3-7,9,11H2/t13-,14-/m1/s1. The third-order valence-electron chi connectivity index (χ3n) is 4.27. The first-order valence-corrected chi connectivity index (χ1v) is 7.26. The van der Waals surface area contributed by atoms with Gasteiger partial charge in [0.15, 0.2) is 0 Å². The molecule has 1 aliphatic carbocycles. The van der Waals surface area contributed by atoms with Crippen molar-refractivity contribution in [2.24, 2.45) is 5.92 Å². The van der Waals surface area contributed by atoms with Crippen LogP contribution in [0.2, 0.25) is 0 Å². The Morgan fingerprint density at radius 3 is 2.95 bits per heavy atom. The van der Waals surface area contributed by atoms with Gasteiger partial charge in [0.2, 0.25) is 5.91 Å². The highest BCUT2D eigenvalue weighted by atomic mass is 16.2. The first-order chi connectivity index (χ1) is 9.34. The molecular weight excluding hydrogens is 238 g/mol. The van der Waals surface area contributed by atoms with E-state index in [0.29, 0.717) is 11.9 Å². The fourth-order valence-corrected chi connectivity index (χ4v) is 3.16. The summed E-state index contributed by atoms with van der Waals surface area (Å²) >= 11 is 0. The van der Waals surface area contributed by atoms with E-state index in [4.69, 9.17) is 0 Å². The lowest BCUT2D eigenvalue weighted by Gasteiger charge is -2.35. The van der Waals surface area contributed by atoms with Crippen molar-refractivity contribution in [3.05, 3.63) is 30.9 Å². The number of carbonyl (C=O) groups is 1. The quantitative estimate of drug-likeness (QED) is 0.765. The number of carbonyl (C=O) groups excluding carboxylic acids is 1. The first kappa shape index (κ1) is 12.5. The zero-order valence-electron chi connectivity index (χ0n) is 11.2. The van der Waals surface area contributed by atoms with Crippen LogP contribution in [0.3, 0.4) is 0 Å². The van der Waals surface area contributed by atoms with Gasteiger partial charge >= 0.3 is 0 Å². The van der Waals surface area contributed by atoms with E-state index in [1.54, 1.807) is 0 Å². The molecule has 0 N–H and O–H groups in total. The topological polar surface area (TPSA) is 38.1 Å². The molecule has 0 radical (unpaired) electrons. The summed E-state index contributed by atoms with van der Waals surface area (Å²) in [6, 6.07) is 0.402. The highest BCUT2D eigenvalue weighted by molar-refractivity contribution is 5.79. The number of hydrogen-bond donors (Lipinski definition) is 0. The van der Waals surface area contributed by atoms with E-state index in [-0.39, 0.29) is 5.92 Å². The lowest BCUT2D eigenvalue weighted by atomic mass is 9.92. The SMILES string of the molecule is O=C([C@@H]1CC=CCC1)N1CCC[C@@H](n2ccnc2)C1. The van der Waals surface area contributed by atoms with Crippen LogP contribution in [0.25, 0.3) is 0 Å². The summed E-state index contributed by atoms with van der Waals surface area (Å²) in [5.74, 6) is 0.570. The molecule has 0 aromatic carbocycles. The number of likely N-dealkylation sites (tertiary alicyclic amines) is 1. The van der Waals surface area contributed by atoms with Gasteiger partial charge in [-0.25, -0.2) is 4.98 Å². The Kier molecular flexibility index (Phi) is 3.67. The number of nitrogens with zero attached hydrogens (tertiary/aromatic N) is 3. The van der Waals surface area contributed by atoms with Crippen molar-refractivity contribution >= 4 is 5.91 Å². The maximum Gasteiger partial charge on any atom is 0.226 e. The number of rotatable bonds is 2. The van der Waals surface area contributed by atoms with Crippen LogP contribution >= 0.6 is 0 Å². The van der Waals surface area contributed by atoms with Crippen LogP contribution in [0.4, 0.5) is 0 Å². The Morgan fingerprint density at radius 1 is 1.26 bits per heavy atom. The van der Waals surface area contributed by atoms with Crippen molar-refractivity contribution in [3.63, 3.8) is 0 Å². The Morgan fingerprint density at radius 2 is 2.21 bits per heavy atom. The number of piperidine rings is 1. The van der Waals surface area contributed by atoms with Gasteiger partial charge in [-0.3, -0.25) is 4.79 Å². The van der Waals surface area contributed by atoms with Crippen LogP contribution in [0, 0.1) is 5.92 Å². The van der Waals surface area contributed by atoms with E-state index >= 15 is 0 Å². The van der Waals surface area contributed by atoms with E-state index in [0.717, 1.165) is 45.2 Å². The molecule has 1 amide bonds. The number of hydrogen-bond acceptors (Lipinski definition) is 2. The third kappa shape index (κ3) is 2.72. The van der Waals surface area contributed by atoms with Gasteiger partial charge in [-0.15, -0.1) is 0 Å². The fraction of sp³-hybridized carbons (Fsp3) is 0.600. The van der Waals surface area contributed by atoms with Gasteiger partial charge in [-0.2, -0.15) is 0 Å². The predicted molar refractivity (Wildman–Crippen MR) is 73.6 cm³/mol. The van der Waals surface area contributed by atoms with Gasteiger partial charge in [0.1, 0.15) is 0 Å². The molecule has 2 heterocycles. The second-order valence-corrected chi connectivity index (χ2v) is 5.57. The summed E-state index contributed by atoms with van der Waals surface area (Å²) in [6.45, 7) is 1.76. The molecule has 19 heavy (non-hydrogen) atoms. The normalized spacial score (nSPS) is 27.5. The van der Waals surface area contributed by atoms with Gasteiger partial charge in [-0.05, 0) is 32.1 Å². The minimum atomic E-state index is 0.214. The number of imidazole rings is 1. The van der Waals surface area contributed by atoms with Crippen LogP contribution in [0.5, 0.6) is 0 Å². The van der Waals surface area contributed by atoms with Gasteiger partial charge in [0.05, 0.1) is 12.4 Å². The van der Waals surface area contributed by atoms with E-state index in [9.17, 15) is 4.79 Å². The molecule has 1 aromatic heterocycles. The van der Waals surface area contributed by atoms with Crippen LogP contribution in [0.15, 0.2) is 30.9 Å². The highest BCUT2D eigenvalue weighted by Gasteiger charge is 2.29. The molecule has 1 aromatic rings. The fourth-order valence-electron chi connectivity index (χ4n) is 3.16. The second kappa shape index (κ2) is 5.59. The van der Waals surface area contributed by atoms with Gasteiger partial charge in [0, 0.05) is 31.4 Å².